The van der Waals surface area contributed by atoms with Crippen molar-refractivity contribution >= 4 is 45.4 Å². The van der Waals surface area contributed by atoms with E-state index in [1.165, 1.54) is 25.0 Å². The Bertz CT molecular complexity index is 1880. The number of urea groups is 1. The number of nitrogens with zero attached hydrogens (tertiary/aromatic N) is 5. The first-order valence-electron chi connectivity index (χ1n) is 17.7. The van der Waals surface area contributed by atoms with Crippen LogP contribution in [-0.4, -0.2) is 74.5 Å². The van der Waals surface area contributed by atoms with E-state index < -0.39 is 5.97 Å². The van der Waals surface area contributed by atoms with Gasteiger partial charge in [0.15, 0.2) is 0 Å². The first kappa shape index (κ1) is 30.9. The van der Waals surface area contributed by atoms with Gasteiger partial charge in [-0.25, -0.2) is 9.59 Å². The number of carboxylic acids is 1. The van der Waals surface area contributed by atoms with Crippen LogP contribution in [0.3, 0.4) is 0 Å². The molecule has 11 heteroatoms. The molecule has 8 rings (SSSR count). The molecule has 252 valence electrons. The minimum absolute atomic E-state index is 0.133. The number of likely N-dealkylation sites (tertiary alicyclic amines) is 1. The number of nitrogens with one attached hydrogen (secondary N) is 1. The Kier molecular flexibility index (Phi) is 8.10. The molecule has 2 aromatic heterocycles. The Morgan fingerprint density at radius 3 is 2.50 bits per heavy atom. The smallest absolute Gasteiger partial charge is 0.339 e. The number of amides is 3. The predicted molar refractivity (Wildman–Crippen MR) is 183 cm³/mol. The maximum absolute atomic E-state index is 12.6. The summed E-state index contributed by atoms with van der Waals surface area (Å²) >= 11 is 0. The van der Waals surface area contributed by atoms with Gasteiger partial charge in [0.25, 0.3) is 0 Å². The van der Waals surface area contributed by atoms with Crippen LogP contribution < -0.4 is 15.0 Å². The molecule has 3 amide bonds. The fourth-order valence-corrected chi connectivity index (χ4v) is 8.23. The number of hydrogen-bond acceptors (Lipinski definition) is 6. The van der Waals surface area contributed by atoms with Gasteiger partial charge in [-0.15, -0.1) is 0 Å². The third-order valence-electron chi connectivity index (χ3n) is 11.0. The molecule has 4 aliphatic rings. The summed E-state index contributed by atoms with van der Waals surface area (Å²) in [5.74, 6) is -0.0220. The molecule has 48 heavy (non-hydrogen) atoms. The topological polar surface area (TPSA) is 122 Å². The number of ether oxygens (including phenoxy) is 1. The van der Waals surface area contributed by atoms with Crippen LogP contribution in [0.5, 0.6) is 5.75 Å². The Morgan fingerprint density at radius 2 is 1.77 bits per heavy atom. The van der Waals surface area contributed by atoms with Gasteiger partial charge in [-0.1, -0.05) is 6.07 Å². The number of aromatic carboxylic acids is 1. The molecule has 2 aliphatic heterocycles. The number of carbonyl (C=O) groups excluding carboxylic acids is 2. The number of aryl methyl sites for hydroxylation is 1. The van der Waals surface area contributed by atoms with Gasteiger partial charge in [-0.2, -0.15) is 5.10 Å². The number of rotatable bonds is 9. The molecule has 0 spiro atoms. The standard InChI is InChI=1S/C37H44N6O5/c1-23-19-29-32(41-18-14-35(44)38-37(41)47)3-2-4-33(29)43(23)27-12-16-40(17-13-27)15-11-24-5-7-26(8-6-24)42-22-25-20-30(36(45)46)34(21-31(25)39-42)48-28-9-10-28/h2-4,19-22,24,26-28H,5-18H2,1H3,(H,45,46)(H,38,44,47). The highest BCUT2D eigenvalue weighted by Crippen LogP contribution is 2.38. The van der Waals surface area contributed by atoms with Crippen LogP contribution >= 0.6 is 0 Å². The zero-order chi connectivity index (χ0) is 32.9. The Morgan fingerprint density at radius 1 is 0.979 bits per heavy atom. The van der Waals surface area contributed by atoms with Crippen LogP contribution in [0.25, 0.3) is 21.8 Å². The fraction of sp³-hybridized carbons (Fsp3) is 0.514. The van der Waals surface area contributed by atoms with Gasteiger partial charge in [0.1, 0.15) is 11.3 Å². The molecule has 0 radical (unpaired) electrons. The molecular formula is C37H44N6O5. The lowest BCUT2D eigenvalue weighted by Crippen LogP contribution is -2.49. The Labute approximate surface area is 279 Å². The van der Waals surface area contributed by atoms with Crippen LogP contribution in [0.2, 0.25) is 0 Å². The monoisotopic (exact) mass is 652 g/mol. The van der Waals surface area contributed by atoms with Gasteiger partial charge < -0.3 is 19.3 Å². The third-order valence-corrected chi connectivity index (χ3v) is 11.0. The quantitative estimate of drug-likeness (QED) is 0.213. The third kappa shape index (κ3) is 6.04. The molecule has 4 heterocycles. The summed E-state index contributed by atoms with van der Waals surface area (Å²) in [5, 5.41) is 19.0. The number of anilines is 1. The molecule has 11 nitrogen and oxygen atoms in total. The highest BCUT2D eigenvalue weighted by molar-refractivity contribution is 6.09. The van der Waals surface area contributed by atoms with Crippen LogP contribution in [0, 0.1) is 12.8 Å². The van der Waals surface area contributed by atoms with Crippen LogP contribution in [0.4, 0.5) is 10.5 Å². The fourth-order valence-electron chi connectivity index (χ4n) is 8.23. The minimum atomic E-state index is -0.961. The zero-order valence-corrected chi connectivity index (χ0v) is 27.6. The van der Waals surface area contributed by atoms with Crippen molar-refractivity contribution in [3.8, 4) is 5.75 Å². The van der Waals surface area contributed by atoms with Gasteiger partial charge in [0.05, 0.1) is 28.9 Å². The van der Waals surface area contributed by atoms with E-state index in [-0.39, 0.29) is 23.6 Å². The van der Waals surface area contributed by atoms with Crippen LogP contribution in [-0.2, 0) is 4.79 Å². The molecule has 2 saturated carbocycles. The Balaban J connectivity index is 0.847. The minimum Gasteiger partial charge on any atom is -0.489 e. The van der Waals surface area contributed by atoms with Crippen molar-refractivity contribution in [3.63, 3.8) is 0 Å². The SMILES string of the molecule is Cc1cc2c(N3CCC(=O)NC3=O)cccc2n1C1CCN(CCC2CCC(n3cc4cc(C(=O)O)c(OC5CC5)cc4n3)CC2)CC1. The van der Waals surface area contributed by atoms with E-state index in [1.54, 1.807) is 17.0 Å². The summed E-state index contributed by atoms with van der Waals surface area (Å²) in [6.45, 7) is 5.86. The van der Waals surface area contributed by atoms with Crippen molar-refractivity contribution in [2.24, 2.45) is 5.92 Å². The number of fused-ring (bicyclic) bond motifs is 2. The van der Waals surface area contributed by atoms with E-state index in [0.29, 0.717) is 30.8 Å². The zero-order valence-electron chi connectivity index (χ0n) is 27.6. The number of carbonyl (C=O) groups is 3. The van der Waals surface area contributed by atoms with E-state index >= 15 is 0 Å². The van der Waals surface area contributed by atoms with Crippen molar-refractivity contribution < 1.29 is 24.2 Å². The van der Waals surface area contributed by atoms with Crippen molar-refractivity contribution in [2.75, 3.05) is 31.1 Å². The van der Waals surface area contributed by atoms with E-state index in [0.717, 1.165) is 91.6 Å². The van der Waals surface area contributed by atoms with Gasteiger partial charge in [0.2, 0.25) is 5.91 Å². The van der Waals surface area contributed by atoms with E-state index in [2.05, 4.69) is 38.5 Å². The molecule has 2 N–H and O–H groups in total. The lowest BCUT2D eigenvalue weighted by Gasteiger charge is -2.35. The molecule has 0 atom stereocenters. The average molecular weight is 653 g/mol. The summed E-state index contributed by atoms with van der Waals surface area (Å²) in [7, 11) is 0. The normalized spacial score (nSPS) is 22.8. The molecule has 2 aromatic carbocycles. The number of carboxylic acid groups (broad SMARTS) is 1. The van der Waals surface area contributed by atoms with Crippen molar-refractivity contribution in [1.29, 1.82) is 0 Å². The van der Waals surface area contributed by atoms with Crippen molar-refractivity contribution in [1.82, 2.24) is 24.6 Å². The highest BCUT2D eigenvalue weighted by atomic mass is 16.5. The van der Waals surface area contributed by atoms with Crippen LogP contribution in [0.1, 0.15) is 92.3 Å². The number of hydrogen-bond donors (Lipinski definition) is 2. The van der Waals surface area contributed by atoms with Gasteiger partial charge in [0, 0.05) is 60.8 Å². The number of benzene rings is 2. The summed E-state index contributed by atoms with van der Waals surface area (Å²) in [5.41, 5.74) is 4.25. The molecular weight excluding hydrogens is 608 g/mol. The molecule has 4 fully saturated rings. The van der Waals surface area contributed by atoms with E-state index in [1.807, 2.05) is 18.3 Å². The van der Waals surface area contributed by atoms with Gasteiger partial charge >= 0.3 is 12.0 Å². The van der Waals surface area contributed by atoms with E-state index in [4.69, 9.17) is 9.84 Å². The lowest BCUT2D eigenvalue weighted by atomic mass is 9.84. The predicted octanol–water partition coefficient (Wildman–Crippen LogP) is 6.44. The number of aromatic nitrogens is 3. The van der Waals surface area contributed by atoms with Crippen molar-refractivity contribution in [2.45, 2.75) is 89.3 Å². The average Bonchev–Trinajstić information content (AvgIpc) is 3.69. The molecule has 0 unspecified atom stereocenters. The van der Waals surface area contributed by atoms with Crippen molar-refractivity contribution in [3.05, 3.63) is 53.9 Å². The summed E-state index contributed by atoms with van der Waals surface area (Å²) in [6, 6.07) is 12.3. The maximum Gasteiger partial charge on any atom is 0.339 e. The molecule has 2 aliphatic carbocycles. The van der Waals surface area contributed by atoms with E-state index in [9.17, 15) is 19.5 Å². The molecule has 0 bridgehead atoms. The molecule has 2 saturated heterocycles. The second-order valence-electron chi connectivity index (χ2n) is 14.3. The first-order valence-corrected chi connectivity index (χ1v) is 17.7. The summed E-state index contributed by atoms with van der Waals surface area (Å²) < 4.78 is 10.4. The Hall–Kier alpha value is -4.38. The van der Waals surface area contributed by atoms with Gasteiger partial charge in [-0.3, -0.25) is 19.7 Å². The molecule has 4 aromatic rings. The largest absolute Gasteiger partial charge is 0.489 e. The maximum atomic E-state index is 12.6. The van der Waals surface area contributed by atoms with Crippen LogP contribution in [0.15, 0.2) is 42.6 Å². The number of imide groups is 1. The lowest BCUT2D eigenvalue weighted by molar-refractivity contribution is -0.120. The summed E-state index contributed by atoms with van der Waals surface area (Å²) in [6.07, 6.45) is 12.4. The second kappa shape index (κ2) is 12.6. The number of piperidine rings is 1. The van der Waals surface area contributed by atoms with Gasteiger partial charge in [-0.05, 0) is 101 Å². The highest BCUT2D eigenvalue weighted by Gasteiger charge is 2.30. The second-order valence-corrected chi connectivity index (χ2v) is 14.3. The first-order chi connectivity index (χ1) is 23.3. The summed E-state index contributed by atoms with van der Waals surface area (Å²) in [4.78, 5) is 40.5.